The van der Waals surface area contributed by atoms with Gasteiger partial charge in [0, 0.05) is 37.4 Å². The van der Waals surface area contributed by atoms with Crippen molar-refractivity contribution in [2.45, 2.75) is 36.8 Å². The second kappa shape index (κ2) is 16.5. The van der Waals surface area contributed by atoms with E-state index < -0.39 is 11.9 Å². The summed E-state index contributed by atoms with van der Waals surface area (Å²) in [6.45, 7) is 7.59. The van der Waals surface area contributed by atoms with Crippen molar-refractivity contribution in [1.82, 2.24) is 9.80 Å². The van der Waals surface area contributed by atoms with E-state index >= 15 is 0 Å². The Kier molecular flexibility index (Phi) is 12.7. The molecular formula is C31H39N5O4S. The largest absolute Gasteiger partial charge is 0.460 e. The third-order valence-corrected chi connectivity index (χ3v) is 8.24. The number of nitriles is 1. The van der Waals surface area contributed by atoms with E-state index in [4.69, 9.17) is 4.74 Å². The van der Waals surface area contributed by atoms with E-state index in [1.165, 1.54) is 23.4 Å². The molecule has 2 aromatic rings. The van der Waals surface area contributed by atoms with Crippen molar-refractivity contribution in [3.05, 3.63) is 72.8 Å². The van der Waals surface area contributed by atoms with Crippen LogP contribution in [0.25, 0.3) is 0 Å². The first-order valence-electron chi connectivity index (χ1n) is 13.8. The summed E-state index contributed by atoms with van der Waals surface area (Å²) in [4.78, 5) is 41.5. The normalized spacial score (nSPS) is 17.1. The number of carbonyl (C=O) groups is 3. The van der Waals surface area contributed by atoms with Crippen LogP contribution in [0.2, 0.25) is 0 Å². The Hall–Kier alpha value is -3.81. The standard InChI is InChI=1S/C31H39N5O4S/c1-4-18-40-31(39)24(21-32)19-29-36(5-2)30(38)27(41-29)14-16-33-25-12-9-13-26(20-25)34-28(37)22-35(3)17-15-23-10-7-6-8-11-23/h4,6-13,20,24,27,29,33H,1,5,14-19,22H2,2-3H3,(H,34,37). The molecule has 0 aromatic heterocycles. The number of hydrogen-bond acceptors (Lipinski definition) is 8. The van der Waals surface area contributed by atoms with Crippen LogP contribution in [-0.2, 0) is 25.5 Å². The van der Waals surface area contributed by atoms with E-state index in [0.29, 0.717) is 31.7 Å². The van der Waals surface area contributed by atoms with Crippen LogP contribution < -0.4 is 10.6 Å². The molecule has 10 heteroatoms. The number of thioether (sulfide) groups is 1. The van der Waals surface area contributed by atoms with Gasteiger partial charge in [0.25, 0.3) is 0 Å². The van der Waals surface area contributed by atoms with E-state index in [9.17, 15) is 19.6 Å². The van der Waals surface area contributed by atoms with Gasteiger partial charge in [-0.3, -0.25) is 19.3 Å². The van der Waals surface area contributed by atoms with E-state index in [-0.39, 0.29) is 35.5 Å². The molecule has 9 nitrogen and oxygen atoms in total. The molecule has 41 heavy (non-hydrogen) atoms. The monoisotopic (exact) mass is 577 g/mol. The fraction of sp³-hybridized carbons (Fsp3) is 0.419. The van der Waals surface area contributed by atoms with Crippen LogP contribution in [0.4, 0.5) is 11.4 Å². The lowest BCUT2D eigenvalue weighted by Crippen LogP contribution is -2.36. The van der Waals surface area contributed by atoms with Gasteiger partial charge in [-0.15, -0.1) is 11.8 Å². The van der Waals surface area contributed by atoms with Crippen molar-refractivity contribution in [2.24, 2.45) is 5.92 Å². The Morgan fingerprint density at radius 1 is 1.22 bits per heavy atom. The fourth-order valence-electron chi connectivity index (χ4n) is 4.57. The SMILES string of the molecule is C=CCOC(=O)C(C#N)CC1SC(CCNc2cccc(NC(=O)CN(C)CCc3ccccc3)c2)C(=O)N1CC. The highest BCUT2D eigenvalue weighted by Gasteiger charge is 2.41. The molecule has 1 aliphatic heterocycles. The van der Waals surface area contributed by atoms with Crippen LogP contribution in [0.15, 0.2) is 67.3 Å². The molecular weight excluding hydrogens is 538 g/mol. The third-order valence-electron chi connectivity index (χ3n) is 6.71. The zero-order chi connectivity index (χ0) is 29.6. The number of ether oxygens (including phenoxy) is 1. The molecule has 1 saturated heterocycles. The summed E-state index contributed by atoms with van der Waals surface area (Å²) in [5.74, 6) is -1.60. The first-order valence-corrected chi connectivity index (χ1v) is 14.8. The predicted molar refractivity (Wildman–Crippen MR) is 163 cm³/mol. The molecule has 218 valence electrons. The number of esters is 1. The van der Waals surface area contributed by atoms with Gasteiger partial charge in [-0.2, -0.15) is 5.26 Å². The van der Waals surface area contributed by atoms with Crippen LogP contribution in [0.5, 0.6) is 0 Å². The lowest BCUT2D eigenvalue weighted by atomic mass is 10.1. The maximum absolute atomic E-state index is 13.0. The molecule has 3 rings (SSSR count). The van der Waals surface area contributed by atoms with E-state index in [2.05, 4.69) is 29.3 Å². The molecule has 2 aromatic carbocycles. The van der Waals surface area contributed by atoms with Gasteiger partial charge in [0.2, 0.25) is 11.8 Å². The minimum atomic E-state index is -0.937. The minimum Gasteiger partial charge on any atom is -0.460 e. The van der Waals surface area contributed by atoms with E-state index in [1.807, 2.05) is 67.4 Å². The molecule has 2 amide bonds. The first kappa shape index (κ1) is 31.7. The number of likely N-dealkylation sites (N-methyl/N-ethyl adjacent to an activating group) is 1. The maximum Gasteiger partial charge on any atom is 0.323 e. The summed E-state index contributed by atoms with van der Waals surface area (Å²) in [6.07, 6.45) is 3.14. The van der Waals surface area contributed by atoms with Gasteiger partial charge in [0.1, 0.15) is 12.5 Å². The van der Waals surface area contributed by atoms with E-state index in [1.54, 1.807) is 4.90 Å². The summed E-state index contributed by atoms with van der Waals surface area (Å²) in [6, 6.07) is 19.7. The second-order valence-corrected chi connectivity index (χ2v) is 11.2. The molecule has 0 aliphatic carbocycles. The Labute approximate surface area is 246 Å². The van der Waals surface area contributed by atoms with Crippen molar-refractivity contribution in [2.75, 3.05) is 50.5 Å². The molecule has 0 saturated carbocycles. The highest BCUT2D eigenvalue weighted by atomic mass is 32.2. The quantitative estimate of drug-likeness (QED) is 0.226. The van der Waals surface area contributed by atoms with Gasteiger partial charge in [-0.05, 0) is 50.6 Å². The molecule has 3 unspecified atom stereocenters. The molecule has 0 bridgehead atoms. The molecule has 1 heterocycles. The molecule has 1 fully saturated rings. The van der Waals surface area contributed by atoms with Crippen molar-refractivity contribution in [3.63, 3.8) is 0 Å². The van der Waals surface area contributed by atoms with Gasteiger partial charge < -0.3 is 20.3 Å². The first-order chi connectivity index (χ1) is 19.8. The highest BCUT2D eigenvalue weighted by Crippen LogP contribution is 2.37. The number of rotatable bonds is 16. The summed E-state index contributed by atoms with van der Waals surface area (Å²) in [7, 11) is 1.93. The molecule has 3 atom stereocenters. The smallest absolute Gasteiger partial charge is 0.323 e. The molecule has 0 spiro atoms. The summed E-state index contributed by atoms with van der Waals surface area (Å²) >= 11 is 1.49. The van der Waals surface area contributed by atoms with Gasteiger partial charge in [-0.25, -0.2) is 0 Å². The fourth-order valence-corrected chi connectivity index (χ4v) is 6.16. The van der Waals surface area contributed by atoms with Crippen LogP contribution >= 0.6 is 11.8 Å². The average molecular weight is 578 g/mol. The summed E-state index contributed by atoms with van der Waals surface area (Å²) < 4.78 is 5.04. The number of nitrogens with one attached hydrogen (secondary N) is 2. The number of benzene rings is 2. The van der Waals surface area contributed by atoms with Crippen LogP contribution in [0.1, 0.15) is 25.3 Å². The minimum absolute atomic E-state index is 0.0119. The Morgan fingerprint density at radius 3 is 2.68 bits per heavy atom. The van der Waals surface area contributed by atoms with Crippen molar-refractivity contribution in [1.29, 1.82) is 5.26 Å². The van der Waals surface area contributed by atoms with Crippen molar-refractivity contribution >= 4 is 40.9 Å². The number of anilines is 2. The van der Waals surface area contributed by atoms with Gasteiger partial charge in [0.15, 0.2) is 0 Å². The molecule has 2 N–H and O–H groups in total. The third kappa shape index (κ3) is 9.95. The Bertz CT molecular complexity index is 1220. The van der Waals surface area contributed by atoms with E-state index in [0.717, 1.165) is 18.7 Å². The maximum atomic E-state index is 13.0. The van der Waals surface area contributed by atoms with Crippen LogP contribution in [0, 0.1) is 17.2 Å². The van der Waals surface area contributed by atoms with Crippen molar-refractivity contribution < 1.29 is 19.1 Å². The lowest BCUT2D eigenvalue weighted by Gasteiger charge is -2.23. The van der Waals surface area contributed by atoms with Gasteiger partial charge in [-0.1, -0.05) is 49.1 Å². The van der Waals surface area contributed by atoms with Gasteiger partial charge in [0.05, 0.1) is 23.2 Å². The second-order valence-electron chi connectivity index (χ2n) is 9.86. The van der Waals surface area contributed by atoms with Crippen molar-refractivity contribution in [3.8, 4) is 6.07 Å². The zero-order valence-electron chi connectivity index (χ0n) is 23.8. The number of amides is 2. The molecule has 1 aliphatic rings. The van der Waals surface area contributed by atoms with Crippen LogP contribution in [-0.4, -0.2) is 78.0 Å². The lowest BCUT2D eigenvalue weighted by molar-refractivity contribution is -0.146. The number of nitrogens with zero attached hydrogens (tertiary/aromatic N) is 3. The number of hydrogen-bond donors (Lipinski definition) is 2. The summed E-state index contributed by atoms with van der Waals surface area (Å²) in [5, 5.41) is 15.2. The predicted octanol–water partition coefficient (Wildman–Crippen LogP) is 4.15. The average Bonchev–Trinajstić information content (AvgIpc) is 3.27. The van der Waals surface area contributed by atoms with Gasteiger partial charge >= 0.3 is 5.97 Å². The molecule has 0 radical (unpaired) electrons. The highest BCUT2D eigenvalue weighted by molar-refractivity contribution is 8.01. The number of carbonyl (C=O) groups excluding carboxylic acids is 3. The Morgan fingerprint density at radius 2 is 1.98 bits per heavy atom. The topological polar surface area (TPSA) is 115 Å². The zero-order valence-corrected chi connectivity index (χ0v) is 24.6. The Balaban J connectivity index is 1.45. The summed E-state index contributed by atoms with van der Waals surface area (Å²) in [5.41, 5.74) is 2.78. The van der Waals surface area contributed by atoms with Crippen LogP contribution in [0.3, 0.4) is 0 Å².